The van der Waals surface area contributed by atoms with Gasteiger partial charge in [-0.2, -0.15) is 0 Å². The number of rotatable bonds is 9. The maximum atomic E-state index is 10.9. The third kappa shape index (κ3) is 6.75. The molecular formula is C16H26O6. The first kappa shape index (κ1) is 17.2. The quantitative estimate of drug-likeness (QED) is 0.476. The number of esters is 2. The fourth-order valence-corrected chi connectivity index (χ4v) is 2.65. The van der Waals surface area contributed by atoms with Gasteiger partial charge in [0.25, 0.3) is 0 Å². The van der Waals surface area contributed by atoms with Crippen molar-refractivity contribution in [1.29, 1.82) is 0 Å². The Hall–Kier alpha value is -1.14. The largest absolute Gasteiger partial charge is 0.465 e. The highest BCUT2D eigenvalue weighted by molar-refractivity contribution is 5.70. The van der Waals surface area contributed by atoms with Crippen LogP contribution < -0.4 is 0 Å². The molecule has 0 saturated carbocycles. The van der Waals surface area contributed by atoms with E-state index in [1.807, 2.05) is 0 Å². The fourth-order valence-electron chi connectivity index (χ4n) is 2.65. The predicted molar refractivity (Wildman–Crippen MR) is 78.2 cm³/mol. The molecule has 2 heterocycles. The van der Waals surface area contributed by atoms with Crippen LogP contribution in [0.3, 0.4) is 0 Å². The SMILES string of the molecule is O=C1CCC(CCOCCOCCC2CCC(=O)OC2)CO1. The van der Waals surface area contributed by atoms with Gasteiger partial charge in [0.2, 0.25) is 0 Å². The third-order valence-corrected chi connectivity index (χ3v) is 4.19. The van der Waals surface area contributed by atoms with E-state index in [9.17, 15) is 9.59 Å². The molecule has 2 unspecified atom stereocenters. The molecular weight excluding hydrogens is 288 g/mol. The Morgan fingerprint density at radius 3 is 1.59 bits per heavy atom. The molecule has 0 aliphatic carbocycles. The molecule has 0 bridgehead atoms. The van der Waals surface area contributed by atoms with Crippen LogP contribution in [0.4, 0.5) is 0 Å². The molecule has 0 spiro atoms. The van der Waals surface area contributed by atoms with Gasteiger partial charge in [-0.05, 0) is 37.5 Å². The molecule has 2 fully saturated rings. The Labute approximate surface area is 131 Å². The zero-order valence-corrected chi connectivity index (χ0v) is 13.1. The van der Waals surface area contributed by atoms with Gasteiger partial charge in [0, 0.05) is 26.1 Å². The lowest BCUT2D eigenvalue weighted by Crippen LogP contribution is -2.23. The highest BCUT2D eigenvalue weighted by Crippen LogP contribution is 2.18. The van der Waals surface area contributed by atoms with Crippen molar-refractivity contribution < 1.29 is 28.5 Å². The van der Waals surface area contributed by atoms with Crippen molar-refractivity contribution in [3.05, 3.63) is 0 Å². The standard InChI is InChI=1S/C16H26O6/c17-15-3-1-13(11-21-15)5-7-19-9-10-20-8-6-14-2-4-16(18)22-12-14/h13-14H,1-12H2. The Bertz CT molecular complexity index is 303. The first-order valence-electron chi connectivity index (χ1n) is 8.21. The third-order valence-electron chi connectivity index (χ3n) is 4.19. The van der Waals surface area contributed by atoms with Crippen LogP contribution in [0.2, 0.25) is 0 Å². The Morgan fingerprint density at radius 2 is 1.23 bits per heavy atom. The van der Waals surface area contributed by atoms with Crippen LogP contribution in [0.1, 0.15) is 38.5 Å². The highest BCUT2D eigenvalue weighted by Gasteiger charge is 2.20. The van der Waals surface area contributed by atoms with Gasteiger partial charge in [-0.25, -0.2) is 0 Å². The molecule has 0 N–H and O–H groups in total. The number of ether oxygens (including phenoxy) is 4. The molecule has 0 radical (unpaired) electrons. The molecule has 0 aromatic heterocycles. The summed E-state index contributed by atoms with van der Waals surface area (Å²) in [6, 6.07) is 0. The summed E-state index contributed by atoms with van der Waals surface area (Å²) in [5.74, 6) is 0.705. The van der Waals surface area contributed by atoms with Crippen LogP contribution in [0, 0.1) is 11.8 Å². The summed E-state index contributed by atoms with van der Waals surface area (Å²) in [5.41, 5.74) is 0. The predicted octanol–water partition coefficient (Wildman–Crippen LogP) is 1.71. The molecule has 6 heteroatoms. The van der Waals surface area contributed by atoms with E-state index >= 15 is 0 Å². The highest BCUT2D eigenvalue weighted by atomic mass is 16.5. The molecule has 2 aliphatic rings. The maximum Gasteiger partial charge on any atom is 0.305 e. The van der Waals surface area contributed by atoms with E-state index in [1.165, 1.54) is 0 Å². The van der Waals surface area contributed by atoms with Crippen molar-refractivity contribution in [2.75, 3.05) is 39.6 Å². The number of hydrogen-bond donors (Lipinski definition) is 0. The van der Waals surface area contributed by atoms with Crippen molar-refractivity contribution in [2.45, 2.75) is 38.5 Å². The number of hydrogen-bond acceptors (Lipinski definition) is 6. The molecule has 0 amide bonds. The zero-order chi connectivity index (χ0) is 15.6. The summed E-state index contributed by atoms with van der Waals surface area (Å²) < 4.78 is 21.1. The molecule has 126 valence electrons. The van der Waals surface area contributed by atoms with Gasteiger partial charge in [0.1, 0.15) is 0 Å². The van der Waals surface area contributed by atoms with Gasteiger partial charge < -0.3 is 18.9 Å². The lowest BCUT2D eigenvalue weighted by Gasteiger charge is -2.21. The van der Waals surface area contributed by atoms with E-state index in [2.05, 4.69) is 0 Å². The van der Waals surface area contributed by atoms with E-state index in [1.54, 1.807) is 0 Å². The van der Waals surface area contributed by atoms with Crippen molar-refractivity contribution in [1.82, 2.24) is 0 Å². The van der Waals surface area contributed by atoms with Gasteiger partial charge in [0.15, 0.2) is 0 Å². The van der Waals surface area contributed by atoms with Gasteiger partial charge >= 0.3 is 11.9 Å². The Kier molecular flexibility index (Phi) is 7.66. The molecule has 0 aromatic carbocycles. The minimum absolute atomic E-state index is 0.0849. The summed E-state index contributed by atoms with van der Waals surface area (Å²) >= 11 is 0. The monoisotopic (exact) mass is 314 g/mol. The Balaban J connectivity index is 1.35. The summed E-state index contributed by atoms with van der Waals surface area (Å²) in [6.07, 6.45) is 4.74. The number of carbonyl (C=O) groups is 2. The Morgan fingerprint density at radius 1 is 0.773 bits per heavy atom. The lowest BCUT2D eigenvalue weighted by molar-refractivity contribution is -0.150. The van der Waals surface area contributed by atoms with Crippen molar-refractivity contribution in [2.24, 2.45) is 11.8 Å². The maximum absolute atomic E-state index is 10.9. The first-order valence-corrected chi connectivity index (χ1v) is 8.21. The number of cyclic esters (lactones) is 2. The minimum Gasteiger partial charge on any atom is -0.465 e. The molecule has 22 heavy (non-hydrogen) atoms. The molecule has 6 nitrogen and oxygen atoms in total. The normalized spacial score (nSPS) is 25.6. The summed E-state index contributed by atoms with van der Waals surface area (Å²) in [5, 5.41) is 0. The first-order chi connectivity index (χ1) is 10.7. The van der Waals surface area contributed by atoms with E-state index in [-0.39, 0.29) is 11.9 Å². The van der Waals surface area contributed by atoms with Gasteiger partial charge in [-0.3, -0.25) is 9.59 Å². The van der Waals surface area contributed by atoms with Gasteiger partial charge in [-0.1, -0.05) is 0 Å². The van der Waals surface area contributed by atoms with Crippen LogP contribution >= 0.6 is 0 Å². The molecule has 2 aliphatic heterocycles. The molecule has 2 rings (SSSR count). The fraction of sp³-hybridized carbons (Fsp3) is 0.875. The topological polar surface area (TPSA) is 71.1 Å². The van der Waals surface area contributed by atoms with Crippen LogP contribution in [0.15, 0.2) is 0 Å². The second-order valence-corrected chi connectivity index (χ2v) is 5.98. The van der Waals surface area contributed by atoms with E-state index in [0.717, 1.165) is 25.7 Å². The van der Waals surface area contributed by atoms with Crippen LogP contribution in [0.5, 0.6) is 0 Å². The summed E-state index contributed by atoms with van der Waals surface area (Å²) in [6.45, 7) is 3.61. The van der Waals surface area contributed by atoms with E-state index < -0.39 is 0 Å². The van der Waals surface area contributed by atoms with Gasteiger partial charge in [-0.15, -0.1) is 0 Å². The van der Waals surface area contributed by atoms with Crippen molar-refractivity contribution in [3.8, 4) is 0 Å². The van der Waals surface area contributed by atoms with E-state index in [4.69, 9.17) is 18.9 Å². The van der Waals surface area contributed by atoms with Crippen molar-refractivity contribution in [3.63, 3.8) is 0 Å². The van der Waals surface area contributed by atoms with E-state index in [0.29, 0.717) is 64.3 Å². The van der Waals surface area contributed by atoms with Crippen LogP contribution in [-0.4, -0.2) is 51.6 Å². The van der Waals surface area contributed by atoms with Crippen LogP contribution in [-0.2, 0) is 28.5 Å². The molecule has 0 aromatic rings. The molecule has 2 atom stereocenters. The summed E-state index contributed by atoms with van der Waals surface area (Å²) in [4.78, 5) is 21.8. The smallest absolute Gasteiger partial charge is 0.305 e. The zero-order valence-electron chi connectivity index (χ0n) is 13.1. The molecule has 2 saturated heterocycles. The average molecular weight is 314 g/mol. The minimum atomic E-state index is -0.0849. The second-order valence-electron chi connectivity index (χ2n) is 5.98. The summed E-state index contributed by atoms with van der Waals surface area (Å²) in [7, 11) is 0. The number of carbonyl (C=O) groups excluding carboxylic acids is 2. The van der Waals surface area contributed by atoms with Crippen molar-refractivity contribution >= 4 is 11.9 Å². The van der Waals surface area contributed by atoms with Gasteiger partial charge in [0.05, 0.1) is 26.4 Å². The lowest BCUT2D eigenvalue weighted by atomic mass is 9.99. The second kappa shape index (κ2) is 9.79. The van der Waals surface area contributed by atoms with Crippen LogP contribution in [0.25, 0.3) is 0 Å². The average Bonchev–Trinajstić information content (AvgIpc) is 2.53.